The maximum absolute atomic E-state index is 12.7. The number of hydrogen-bond donors (Lipinski definition) is 2. The first kappa shape index (κ1) is 19.5. The quantitative estimate of drug-likeness (QED) is 0.593. The second-order valence-corrected chi connectivity index (χ2v) is 7.92. The number of carbonyl (C=O) groups is 1. The molecule has 1 heterocycles. The lowest BCUT2D eigenvalue weighted by Gasteiger charge is -2.33. The normalized spacial score (nSPS) is 17.5. The van der Waals surface area contributed by atoms with Gasteiger partial charge < -0.3 is 10.2 Å². The molecule has 1 saturated carbocycles. The molecule has 0 unspecified atom stereocenters. The molecule has 2 aromatic carbocycles. The number of urea groups is 1. The number of aryl methyl sites for hydroxylation is 1. The third kappa shape index (κ3) is 5.17. The van der Waals surface area contributed by atoms with Gasteiger partial charge in [0, 0.05) is 18.8 Å². The molecule has 0 saturated heterocycles. The van der Waals surface area contributed by atoms with Crippen LogP contribution in [-0.4, -0.2) is 24.6 Å². The molecule has 1 fully saturated rings. The number of anilines is 1. The van der Waals surface area contributed by atoms with Crippen LogP contribution in [0.1, 0.15) is 49.7 Å². The van der Waals surface area contributed by atoms with Gasteiger partial charge in [-0.05, 0) is 42.9 Å². The van der Waals surface area contributed by atoms with Gasteiger partial charge in [0.2, 0.25) is 5.96 Å². The smallest absolute Gasteiger partial charge is 0.321 e. The fraction of sp³-hybridized carbons (Fsp3) is 0.417. The highest BCUT2D eigenvalue weighted by Gasteiger charge is 2.24. The van der Waals surface area contributed by atoms with Crippen molar-refractivity contribution >= 4 is 17.7 Å². The minimum Gasteiger partial charge on any atom is -0.334 e. The molecule has 0 atom stereocenters. The Labute approximate surface area is 173 Å². The highest BCUT2D eigenvalue weighted by Crippen LogP contribution is 2.28. The van der Waals surface area contributed by atoms with Crippen molar-refractivity contribution in [1.29, 1.82) is 0 Å². The van der Waals surface area contributed by atoms with Gasteiger partial charge in [-0.25, -0.2) is 9.79 Å². The zero-order valence-electron chi connectivity index (χ0n) is 16.9. The van der Waals surface area contributed by atoms with E-state index in [4.69, 9.17) is 4.99 Å². The summed E-state index contributed by atoms with van der Waals surface area (Å²) in [5.41, 5.74) is 3.56. The molecule has 5 heteroatoms. The second-order valence-electron chi connectivity index (χ2n) is 7.92. The number of fused-ring (bicyclic) bond motifs is 1. The van der Waals surface area contributed by atoms with E-state index in [1.165, 1.54) is 24.8 Å². The number of aliphatic imine (C=N–C) groups is 1. The minimum atomic E-state index is -0.202. The van der Waals surface area contributed by atoms with Crippen LogP contribution in [0.15, 0.2) is 59.6 Å². The van der Waals surface area contributed by atoms with Crippen LogP contribution in [-0.2, 0) is 13.0 Å². The van der Waals surface area contributed by atoms with E-state index in [9.17, 15) is 4.79 Å². The molecule has 4 rings (SSSR count). The van der Waals surface area contributed by atoms with E-state index >= 15 is 0 Å². The van der Waals surface area contributed by atoms with Gasteiger partial charge in [0.1, 0.15) is 0 Å². The summed E-state index contributed by atoms with van der Waals surface area (Å²) >= 11 is 0. The maximum Gasteiger partial charge on any atom is 0.321 e. The molecule has 0 spiro atoms. The number of hydrogen-bond acceptors (Lipinski definition) is 2. The number of rotatable bonds is 3. The summed E-state index contributed by atoms with van der Waals surface area (Å²) < 4.78 is 0. The number of carbonyl (C=O) groups excluding carboxylic acids is 1. The molecular weight excluding hydrogens is 360 g/mol. The highest BCUT2D eigenvalue weighted by atomic mass is 16.2. The summed E-state index contributed by atoms with van der Waals surface area (Å²) in [7, 11) is 0. The number of nitrogens with zero attached hydrogens (tertiary/aromatic N) is 2. The minimum absolute atomic E-state index is 0.202. The summed E-state index contributed by atoms with van der Waals surface area (Å²) in [6.45, 7) is 1.38. The lowest BCUT2D eigenvalue weighted by molar-refractivity contribution is 0.244. The topological polar surface area (TPSA) is 56.7 Å². The van der Waals surface area contributed by atoms with E-state index in [2.05, 4.69) is 39.8 Å². The fourth-order valence-corrected chi connectivity index (χ4v) is 4.23. The van der Waals surface area contributed by atoms with Crippen molar-refractivity contribution < 1.29 is 4.79 Å². The Hall–Kier alpha value is -2.82. The molecule has 0 aromatic heterocycles. The van der Waals surface area contributed by atoms with E-state index in [1.807, 2.05) is 30.3 Å². The van der Waals surface area contributed by atoms with Crippen molar-refractivity contribution in [3.63, 3.8) is 0 Å². The van der Waals surface area contributed by atoms with Gasteiger partial charge in [-0.3, -0.25) is 5.32 Å². The molecule has 2 amide bonds. The number of benzene rings is 2. The fourth-order valence-electron chi connectivity index (χ4n) is 4.23. The summed E-state index contributed by atoms with van der Waals surface area (Å²) in [6, 6.07) is 18.5. The molecule has 2 N–H and O–H groups in total. The number of nitrogens with one attached hydrogen (secondary N) is 2. The average Bonchev–Trinajstić information content (AvgIpc) is 2.78. The molecule has 152 valence electrons. The van der Waals surface area contributed by atoms with Gasteiger partial charge in [-0.15, -0.1) is 0 Å². The Bertz CT molecular complexity index is 843. The molecule has 2 aliphatic rings. The monoisotopic (exact) mass is 390 g/mol. The van der Waals surface area contributed by atoms with E-state index in [0.29, 0.717) is 18.5 Å². The molecule has 0 radical (unpaired) electrons. The first-order valence-electron chi connectivity index (χ1n) is 10.8. The Morgan fingerprint density at radius 3 is 2.55 bits per heavy atom. The van der Waals surface area contributed by atoms with Crippen LogP contribution in [0.25, 0.3) is 0 Å². The molecule has 5 nitrogen and oxygen atoms in total. The molecule has 0 bridgehead atoms. The number of para-hydroxylation sites is 1. The third-order valence-corrected chi connectivity index (χ3v) is 5.77. The second kappa shape index (κ2) is 9.59. The summed E-state index contributed by atoms with van der Waals surface area (Å²) in [5.74, 6) is 0.689. The summed E-state index contributed by atoms with van der Waals surface area (Å²) in [5, 5.41) is 6.04. The van der Waals surface area contributed by atoms with Crippen molar-refractivity contribution in [3.05, 3.63) is 65.7 Å². The lowest BCUT2D eigenvalue weighted by Crippen LogP contribution is -2.50. The van der Waals surface area contributed by atoms with Gasteiger partial charge in [-0.2, -0.15) is 0 Å². The van der Waals surface area contributed by atoms with Gasteiger partial charge in [0.25, 0.3) is 0 Å². The van der Waals surface area contributed by atoms with Gasteiger partial charge in [0.05, 0.1) is 6.04 Å². The molecule has 1 aliphatic heterocycles. The summed E-state index contributed by atoms with van der Waals surface area (Å²) in [4.78, 5) is 19.9. The molecule has 2 aromatic rings. The standard InChI is InChI=1S/C24H30N4O/c29-24(25-18-19-10-3-1-4-11-19)27-23(26-21-14-5-2-6-15-21)28-17-9-13-20-12-7-8-16-22(20)28/h1,3-4,7-8,10-12,16,21H,2,5-6,9,13-15,17-18H2,(H2,25,26,27,29). The zero-order valence-corrected chi connectivity index (χ0v) is 16.9. The van der Waals surface area contributed by atoms with E-state index < -0.39 is 0 Å². The molecule has 1 aliphatic carbocycles. The first-order chi connectivity index (χ1) is 14.3. The predicted octanol–water partition coefficient (Wildman–Crippen LogP) is 4.63. The Morgan fingerprint density at radius 1 is 0.966 bits per heavy atom. The Kier molecular flexibility index (Phi) is 6.45. The third-order valence-electron chi connectivity index (χ3n) is 5.77. The molecule has 29 heavy (non-hydrogen) atoms. The van der Waals surface area contributed by atoms with E-state index in [0.717, 1.165) is 43.5 Å². The van der Waals surface area contributed by atoms with Crippen LogP contribution >= 0.6 is 0 Å². The number of amides is 2. The van der Waals surface area contributed by atoms with Crippen molar-refractivity contribution in [1.82, 2.24) is 10.6 Å². The van der Waals surface area contributed by atoms with Crippen molar-refractivity contribution in [2.75, 3.05) is 11.4 Å². The van der Waals surface area contributed by atoms with E-state index in [-0.39, 0.29) is 6.03 Å². The van der Waals surface area contributed by atoms with E-state index in [1.54, 1.807) is 0 Å². The van der Waals surface area contributed by atoms with Gasteiger partial charge >= 0.3 is 6.03 Å². The molecular formula is C24H30N4O. The lowest BCUT2D eigenvalue weighted by atomic mass is 9.96. The Morgan fingerprint density at radius 2 is 1.72 bits per heavy atom. The van der Waals surface area contributed by atoms with Crippen LogP contribution in [0.4, 0.5) is 10.5 Å². The average molecular weight is 391 g/mol. The van der Waals surface area contributed by atoms with Crippen LogP contribution < -0.4 is 15.5 Å². The van der Waals surface area contributed by atoms with Gasteiger partial charge in [0.15, 0.2) is 0 Å². The first-order valence-corrected chi connectivity index (χ1v) is 10.8. The van der Waals surface area contributed by atoms with Crippen LogP contribution in [0.2, 0.25) is 0 Å². The van der Waals surface area contributed by atoms with Crippen molar-refractivity contribution in [2.24, 2.45) is 4.99 Å². The maximum atomic E-state index is 12.7. The number of guanidine groups is 1. The summed E-state index contributed by atoms with van der Waals surface area (Å²) in [6.07, 6.45) is 8.07. The van der Waals surface area contributed by atoms with Crippen molar-refractivity contribution in [2.45, 2.75) is 57.5 Å². The van der Waals surface area contributed by atoms with Crippen molar-refractivity contribution in [3.8, 4) is 0 Å². The van der Waals surface area contributed by atoms with Crippen LogP contribution in [0, 0.1) is 0 Å². The largest absolute Gasteiger partial charge is 0.334 e. The SMILES string of the molecule is O=C(NCc1ccccc1)NC(=NC1CCCCC1)N1CCCc2ccccc21. The predicted molar refractivity (Wildman–Crippen MR) is 118 cm³/mol. The zero-order chi connectivity index (χ0) is 19.9. The highest BCUT2D eigenvalue weighted by molar-refractivity contribution is 6.05. The van der Waals surface area contributed by atoms with Crippen LogP contribution in [0.5, 0.6) is 0 Å². The van der Waals surface area contributed by atoms with Crippen LogP contribution in [0.3, 0.4) is 0 Å². The van der Waals surface area contributed by atoms with Gasteiger partial charge in [-0.1, -0.05) is 67.8 Å². The Balaban J connectivity index is 1.51.